The van der Waals surface area contributed by atoms with Crippen LogP contribution in [0.2, 0.25) is 0 Å². The maximum absolute atomic E-state index is 12.8. The highest BCUT2D eigenvalue weighted by molar-refractivity contribution is 5.69. The molecule has 1 aliphatic heterocycles. The minimum absolute atomic E-state index is 0.110. The first-order chi connectivity index (χ1) is 28.9. The molecule has 1 fully saturated rings. The topological polar surface area (TPSA) is 135 Å². The van der Waals surface area contributed by atoms with Crippen molar-refractivity contribution in [3.8, 4) is 0 Å². The predicted octanol–water partition coefficient (Wildman–Crippen LogP) is 12.0. The van der Waals surface area contributed by atoms with Crippen molar-refractivity contribution in [3.05, 3.63) is 12.2 Å². The lowest BCUT2D eigenvalue weighted by Crippen LogP contribution is -2.59. The average molecular weight is 841 g/mol. The Bertz CT molecular complexity index is 915. The molecule has 0 saturated carbocycles. The van der Waals surface area contributed by atoms with E-state index in [1.807, 2.05) is 0 Å². The van der Waals surface area contributed by atoms with Gasteiger partial charge in [-0.05, 0) is 38.5 Å². The van der Waals surface area contributed by atoms with Gasteiger partial charge >= 0.3 is 5.97 Å². The van der Waals surface area contributed by atoms with Crippen molar-refractivity contribution >= 4 is 5.97 Å². The quantitative estimate of drug-likeness (QED) is 0.0269. The molecule has 1 rings (SSSR count). The molecule has 6 unspecified atom stereocenters. The van der Waals surface area contributed by atoms with Gasteiger partial charge in [0.15, 0.2) is 6.29 Å². The van der Waals surface area contributed by atoms with Crippen molar-refractivity contribution in [1.29, 1.82) is 0 Å². The molecule has 0 spiro atoms. The van der Waals surface area contributed by atoms with Crippen LogP contribution in [0.5, 0.6) is 0 Å². The maximum Gasteiger partial charge on any atom is 0.306 e. The van der Waals surface area contributed by atoms with Gasteiger partial charge in [-0.25, -0.2) is 0 Å². The zero-order valence-electron chi connectivity index (χ0n) is 38.5. The van der Waals surface area contributed by atoms with Crippen molar-refractivity contribution in [2.45, 2.75) is 275 Å². The van der Waals surface area contributed by atoms with E-state index in [4.69, 9.17) is 18.9 Å². The number of esters is 1. The highest BCUT2D eigenvalue weighted by atomic mass is 16.7. The summed E-state index contributed by atoms with van der Waals surface area (Å²) in [5.74, 6) is -0.310. The Hall–Kier alpha value is -1.07. The molecule has 1 saturated heterocycles. The molecule has 1 aliphatic rings. The molecule has 59 heavy (non-hydrogen) atoms. The Labute approximate surface area is 363 Å². The molecular formula is C50H96O9. The number of rotatable bonds is 44. The van der Waals surface area contributed by atoms with E-state index in [1.54, 1.807) is 0 Å². The molecular weight excluding hydrogens is 745 g/mol. The third kappa shape index (κ3) is 33.2. The summed E-state index contributed by atoms with van der Waals surface area (Å²) in [4.78, 5) is 12.8. The standard InChI is InChI=1S/C50H96O9/c1-3-5-7-9-11-13-15-17-19-20-21-22-23-24-25-26-27-29-31-33-35-37-39-46(52)58-44(43-57-50-49(55)48(54)47(53)45(41-51)59-50)42-56-40-38-36-34-32-30-28-18-16-14-12-10-8-6-4-2/h14,16,44-45,47-51,53-55H,3-13,15,17-43H2,1-2H3/b16-14-. The summed E-state index contributed by atoms with van der Waals surface area (Å²) < 4.78 is 22.9. The molecule has 1 heterocycles. The first-order valence-corrected chi connectivity index (χ1v) is 25.3. The van der Waals surface area contributed by atoms with Crippen molar-refractivity contribution in [2.75, 3.05) is 26.4 Å². The van der Waals surface area contributed by atoms with Gasteiger partial charge in [0.2, 0.25) is 0 Å². The van der Waals surface area contributed by atoms with Crippen LogP contribution >= 0.6 is 0 Å². The highest BCUT2D eigenvalue weighted by Gasteiger charge is 2.44. The summed E-state index contributed by atoms with van der Waals surface area (Å²) in [6, 6.07) is 0. The second-order valence-corrected chi connectivity index (χ2v) is 17.6. The minimum atomic E-state index is -1.53. The number of hydrogen-bond acceptors (Lipinski definition) is 9. The van der Waals surface area contributed by atoms with E-state index in [1.165, 1.54) is 186 Å². The van der Waals surface area contributed by atoms with Gasteiger partial charge in [-0.3, -0.25) is 4.79 Å². The predicted molar refractivity (Wildman–Crippen MR) is 243 cm³/mol. The zero-order chi connectivity index (χ0) is 42.9. The van der Waals surface area contributed by atoms with Gasteiger partial charge in [0, 0.05) is 13.0 Å². The van der Waals surface area contributed by atoms with Crippen LogP contribution in [0.15, 0.2) is 12.2 Å². The molecule has 0 aliphatic carbocycles. The monoisotopic (exact) mass is 841 g/mol. The molecule has 6 atom stereocenters. The van der Waals surface area contributed by atoms with Crippen molar-refractivity contribution in [3.63, 3.8) is 0 Å². The van der Waals surface area contributed by atoms with Crippen molar-refractivity contribution in [2.24, 2.45) is 0 Å². The number of aliphatic hydroxyl groups is 4. The fraction of sp³-hybridized carbons (Fsp3) is 0.940. The summed E-state index contributed by atoms with van der Waals surface area (Å²) in [6.07, 6.45) is 41.0. The Morgan fingerprint density at radius 2 is 0.932 bits per heavy atom. The van der Waals surface area contributed by atoms with Crippen LogP contribution < -0.4 is 0 Å². The second-order valence-electron chi connectivity index (χ2n) is 17.6. The summed E-state index contributed by atoms with van der Waals surface area (Å²) in [5.41, 5.74) is 0. The number of ether oxygens (including phenoxy) is 4. The normalized spacial score (nSPS) is 20.1. The largest absolute Gasteiger partial charge is 0.457 e. The number of aliphatic hydroxyl groups excluding tert-OH is 4. The Morgan fingerprint density at radius 3 is 1.39 bits per heavy atom. The molecule has 0 aromatic heterocycles. The van der Waals surface area contributed by atoms with Crippen molar-refractivity contribution < 1.29 is 44.2 Å². The lowest BCUT2D eigenvalue weighted by Gasteiger charge is -2.39. The minimum Gasteiger partial charge on any atom is -0.457 e. The van der Waals surface area contributed by atoms with Crippen LogP contribution in [0.1, 0.15) is 239 Å². The van der Waals surface area contributed by atoms with E-state index in [0.29, 0.717) is 13.0 Å². The molecule has 350 valence electrons. The third-order valence-corrected chi connectivity index (χ3v) is 11.9. The highest BCUT2D eigenvalue weighted by Crippen LogP contribution is 2.23. The lowest BCUT2D eigenvalue weighted by molar-refractivity contribution is -0.305. The number of unbranched alkanes of at least 4 members (excludes halogenated alkanes) is 31. The van der Waals surface area contributed by atoms with Crippen LogP contribution in [0.3, 0.4) is 0 Å². The molecule has 0 radical (unpaired) electrons. The Balaban J connectivity index is 2.18. The Kier molecular flexibility index (Phi) is 40.1. The number of carbonyl (C=O) groups is 1. The van der Waals surface area contributed by atoms with Gasteiger partial charge in [-0.1, -0.05) is 206 Å². The molecule has 9 nitrogen and oxygen atoms in total. The van der Waals surface area contributed by atoms with Gasteiger partial charge in [-0.15, -0.1) is 0 Å². The van der Waals surface area contributed by atoms with Crippen LogP contribution in [0.4, 0.5) is 0 Å². The molecule has 9 heteroatoms. The van der Waals surface area contributed by atoms with Gasteiger partial charge in [0.05, 0.1) is 19.8 Å². The molecule has 0 aromatic rings. The fourth-order valence-corrected chi connectivity index (χ4v) is 7.96. The van der Waals surface area contributed by atoms with E-state index in [0.717, 1.165) is 32.1 Å². The van der Waals surface area contributed by atoms with E-state index >= 15 is 0 Å². The molecule has 0 bridgehead atoms. The summed E-state index contributed by atoms with van der Waals surface area (Å²) >= 11 is 0. The number of allylic oxidation sites excluding steroid dienone is 2. The molecule has 4 N–H and O–H groups in total. The third-order valence-electron chi connectivity index (χ3n) is 11.9. The fourth-order valence-electron chi connectivity index (χ4n) is 7.96. The van der Waals surface area contributed by atoms with Gasteiger partial charge < -0.3 is 39.4 Å². The molecule has 0 aromatic carbocycles. The second kappa shape index (κ2) is 42.2. The van der Waals surface area contributed by atoms with E-state index in [-0.39, 0.29) is 19.2 Å². The molecule has 0 amide bonds. The first-order valence-electron chi connectivity index (χ1n) is 25.3. The Morgan fingerprint density at radius 1 is 0.525 bits per heavy atom. The lowest BCUT2D eigenvalue weighted by atomic mass is 9.99. The van der Waals surface area contributed by atoms with E-state index in [2.05, 4.69) is 26.0 Å². The van der Waals surface area contributed by atoms with E-state index in [9.17, 15) is 25.2 Å². The number of hydrogen-bond donors (Lipinski definition) is 4. The zero-order valence-corrected chi connectivity index (χ0v) is 38.5. The van der Waals surface area contributed by atoms with Crippen LogP contribution in [-0.2, 0) is 23.7 Å². The van der Waals surface area contributed by atoms with Crippen molar-refractivity contribution in [1.82, 2.24) is 0 Å². The first kappa shape index (κ1) is 55.9. The smallest absolute Gasteiger partial charge is 0.306 e. The summed E-state index contributed by atoms with van der Waals surface area (Å²) in [5, 5.41) is 40.2. The number of carbonyl (C=O) groups excluding carboxylic acids is 1. The van der Waals surface area contributed by atoms with E-state index < -0.39 is 43.4 Å². The van der Waals surface area contributed by atoms with Crippen LogP contribution in [-0.4, -0.2) is 89.6 Å². The maximum atomic E-state index is 12.8. The SMILES string of the molecule is CCCCCC/C=C\CCCCCCCCOCC(COC1OC(CO)C(O)C(O)C1O)OC(=O)CCCCCCCCCCCCCCCCCCCCCCCC. The average Bonchev–Trinajstić information content (AvgIpc) is 3.24. The summed E-state index contributed by atoms with van der Waals surface area (Å²) in [6.45, 7) is 4.58. The van der Waals surface area contributed by atoms with Gasteiger partial charge in [0.25, 0.3) is 0 Å². The summed E-state index contributed by atoms with van der Waals surface area (Å²) in [7, 11) is 0. The van der Waals surface area contributed by atoms with Gasteiger partial charge in [0.1, 0.15) is 30.5 Å². The van der Waals surface area contributed by atoms with Gasteiger partial charge in [-0.2, -0.15) is 0 Å². The van der Waals surface area contributed by atoms with Crippen LogP contribution in [0, 0.1) is 0 Å². The van der Waals surface area contributed by atoms with Crippen LogP contribution in [0.25, 0.3) is 0 Å².